The van der Waals surface area contributed by atoms with Crippen LogP contribution in [0.5, 0.6) is 5.75 Å². The van der Waals surface area contributed by atoms with Crippen LogP contribution >= 0.6 is 50.9 Å². The highest BCUT2D eigenvalue weighted by atomic mass is 79.9. The number of hydrogen-bond acceptors (Lipinski definition) is 4. The number of anilines is 1. The van der Waals surface area contributed by atoms with Crippen LogP contribution in [-0.2, 0) is 4.79 Å². The molecule has 4 nitrogen and oxygen atoms in total. The number of ether oxygens (including phenoxy) is 1. The zero-order valence-corrected chi connectivity index (χ0v) is 20.1. The molecule has 31 heavy (non-hydrogen) atoms. The van der Waals surface area contributed by atoms with Crippen molar-refractivity contribution in [3.63, 3.8) is 0 Å². The number of carbonyl (C=O) groups is 1. The lowest BCUT2D eigenvalue weighted by Gasteiger charge is -2.15. The lowest BCUT2D eigenvalue weighted by atomic mass is 10.2. The van der Waals surface area contributed by atoms with Gasteiger partial charge in [-0.2, -0.15) is 0 Å². The second-order valence-corrected chi connectivity index (χ2v) is 9.28. The average Bonchev–Trinajstić information content (AvgIpc) is 3.05. The average molecular weight is 534 g/mol. The van der Waals surface area contributed by atoms with Gasteiger partial charge >= 0.3 is 0 Å². The number of nitrogens with zero attached hydrogens (tertiary/aromatic N) is 2. The van der Waals surface area contributed by atoms with Crippen molar-refractivity contribution in [3.8, 4) is 5.75 Å². The van der Waals surface area contributed by atoms with Gasteiger partial charge in [0.2, 0.25) is 0 Å². The number of amidine groups is 1. The standard InChI is InChI=1S/C23H15BrCl2N2O2S/c1-30-20-11-2-15(24)12-14(20)13-21-22(29)28(19-9-5-17(26)6-10-19)23(31-21)27-18-7-3-16(25)4-8-18/h2-13H,1H3/b21-13-,27-23?. The maximum atomic E-state index is 13.4. The van der Waals surface area contributed by atoms with Gasteiger partial charge in [-0.05, 0) is 84.6 Å². The Hall–Kier alpha value is -2.25. The number of rotatable bonds is 4. The molecule has 0 unspecified atom stereocenters. The molecule has 0 aliphatic carbocycles. The van der Waals surface area contributed by atoms with Crippen LogP contribution in [0.4, 0.5) is 11.4 Å². The van der Waals surface area contributed by atoms with Crippen molar-refractivity contribution in [2.24, 2.45) is 4.99 Å². The van der Waals surface area contributed by atoms with Gasteiger partial charge in [0, 0.05) is 20.1 Å². The minimum absolute atomic E-state index is 0.179. The van der Waals surface area contributed by atoms with Crippen LogP contribution in [0, 0.1) is 0 Å². The van der Waals surface area contributed by atoms with Gasteiger partial charge in [0.25, 0.3) is 5.91 Å². The molecule has 1 fully saturated rings. The van der Waals surface area contributed by atoms with Gasteiger partial charge in [0.15, 0.2) is 5.17 Å². The first-order valence-electron chi connectivity index (χ1n) is 9.12. The summed E-state index contributed by atoms with van der Waals surface area (Å²) in [6.07, 6.45) is 1.81. The summed E-state index contributed by atoms with van der Waals surface area (Å²) < 4.78 is 6.34. The maximum Gasteiger partial charge on any atom is 0.271 e. The van der Waals surface area contributed by atoms with E-state index in [1.54, 1.807) is 60.5 Å². The fourth-order valence-corrected chi connectivity index (χ4v) is 4.57. The molecule has 3 aromatic rings. The molecular formula is C23H15BrCl2N2O2S. The molecular weight excluding hydrogens is 519 g/mol. The van der Waals surface area contributed by atoms with Gasteiger partial charge in [0.05, 0.1) is 23.4 Å². The van der Waals surface area contributed by atoms with Crippen LogP contribution in [0.3, 0.4) is 0 Å². The first-order valence-corrected chi connectivity index (χ1v) is 11.5. The van der Waals surface area contributed by atoms with E-state index in [0.29, 0.717) is 37.2 Å². The highest BCUT2D eigenvalue weighted by Crippen LogP contribution is 2.39. The smallest absolute Gasteiger partial charge is 0.271 e. The molecule has 1 aliphatic rings. The third-order valence-corrected chi connectivity index (χ3v) is 6.39. The van der Waals surface area contributed by atoms with Crippen molar-refractivity contribution in [1.82, 2.24) is 0 Å². The fraction of sp³-hybridized carbons (Fsp3) is 0.0435. The van der Waals surface area contributed by atoms with E-state index in [9.17, 15) is 4.79 Å². The quantitative estimate of drug-likeness (QED) is 0.325. The third-order valence-electron chi connectivity index (χ3n) is 4.42. The van der Waals surface area contributed by atoms with Gasteiger partial charge in [0.1, 0.15) is 5.75 Å². The number of methoxy groups -OCH3 is 1. The van der Waals surface area contributed by atoms with E-state index in [0.717, 1.165) is 10.0 Å². The topological polar surface area (TPSA) is 41.9 Å². The third kappa shape index (κ3) is 4.99. The molecule has 1 aliphatic heterocycles. The van der Waals surface area contributed by atoms with Gasteiger partial charge in [-0.3, -0.25) is 9.69 Å². The lowest BCUT2D eigenvalue weighted by molar-refractivity contribution is -0.113. The molecule has 0 aromatic heterocycles. The van der Waals surface area contributed by atoms with E-state index in [1.807, 2.05) is 24.3 Å². The second-order valence-electron chi connectivity index (χ2n) is 6.48. The Morgan fingerprint density at radius 3 is 2.29 bits per heavy atom. The molecule has 1 amide bonds. The molecule has 0 saturated carbocycles. The summed E-state index contributed by atoms with van der Waals surface area (Å²) in [5, 5.41) is 1.75. The zero-order chi connectivity index (χ0) is 22.0. The summed E-state index contributed by atoms with van der Waals surface area (Å²) in [5.41, 5.74) is 2.16. The van der Waals surface area contributed by atoms with Crippen LogP contribution in [0.1, 0.15) is 5.56 Å². The Balaban J connectivity index is 1.79. The van der Waals surface area contributed by atoms with Crippen molar-refractivity contribution in [1.29, 1.82) is 0 Å². The van der Waals surface area contributed by atoms with E-state index in [2.05, 4.69) is 15.9 Å². The predicted molar refractivity (Wildman–Crippen MR) is 134 cm³/mol. The summed E-state index contributed by atoms with van der Waals surface area (Å²) in [6, 6.07) is 19.8. The normalized spacial score (nSPS) is 16.4. The van der Waals surface area contributed by atoms with Crippen LogP contribution in [0.15, 0.2) is 81.1 Å². The molecule has 1 saturated heterocycles. The maximum absolute atomic E-state index is 13.4. The van der Waals surface area contributed by atoms with Crippen molar-refractivity contribution >= 4 is 79.4 Å². The molecule has 1 heterocycles. The van der Waals surface area contributed by atoms with Crippen LogP contribution < -0.4 is 9.64 Å². The van der Waals surface area contributed by atoms with Gasteiger partial charge < -0.3 is 4.74 Å². The number of amides is 1. The molecule has 0 N–H and O–H groups in total. The minimum atomic E-state index is -0.179. The summed E-state index contributed by atoms with van der Waals surface area (Å²) in [4.78, 5) is 20.2. The van der Waals surface area contributed by atoms with E-state index in [1.165, 1.54) is 11.8 Å². The van der Waals surface area contributed by atoms with Crippen LogP contribution in [-0.4, -0.2) is 18.2 Å². The SMILES string of the molecule is COc1ccc(Br)cc1/C=C1\SC(=Nc2ccc(Cl)cc2)N(c2ccc(Cl)cc2)C1=O. The molecule has 0 bridgehead atoms. The zero-order valence-electron chi connectivity index (χ0n) is 16.2. The number of halogens is 3. The lowest BCUT2D eigenvalue weighted by Crippen LogP contribution is -2.28. The van der Waals surface area contributed by atoms with E-state index >= 15 is 0 Å². The van der Waals surface area contributed by atoms with E-state index in [-0.39, 0.29) is 5.91 Å². The Morgan fingerprint density at radius 1 is 1.00 bits per heavy atom. The first kappa shape index (κ1) is 22.0. The van der Waals surface area contributed by atoms with E-state index < -0.39 is 0 Å². The van der Waals surface area contributed by atoms with Crippen molar-refractivity contribution < 1.29 is 9.53 Å². The molecule has 8 heteroatoms. The minimum Gasteiger partial charge on any atom is -0.496 e. The summed E-state index contributed by atoms with van der Waals surface area (Å²) in [6.45, 7) is 0. The second kappa shape index (κ2) is 9.49. The highest BCUT2D eigenvalue weighted by molar-refractivity contribution is 9.10. The Labute approximate surface area is 202 Å². The number of benzene rings is 3. The number of hydrogen-bond donors (Lipinski definition) is 0. The summed E-state index contributed by atoms with van der Waals surface area (Å²) in [5.74, 6) is 0.493. The summed E-state index contributed by atoms with van der Waals surface area (Å²) in [7, 11) is 1.60. The summed E-state index contributed by atoms with van der Waals surface area (Å²) >= 11 is 16.8. The van der Waals surface area contributed by atoms with Crippen molar-refractivity contribution in [2.75, 3.05) is 12.0 Å². The molecule has 156 valence electrons. The van der Waals surface area contributed by atoms with Crippen LogP contribution in [0.25, 0.3) is 6.08 Å². The van der Waals surface area contributed by atoms with Crippen molar-refractivity contribution in [2.45, 2.75) is 0 Å². The molecule has 0 spiro atoms. The first-order chi connectivity index (χ1) is 14.9. The fourth-order valence-electron chi connectivity index (χ4n) is 2.95. The highest BCUT2D eigenvalue weighted by Gasteiger charge is 2.35. The van der Waals surface area contributed by atoms with Gasteiger partial charge in [-0.1, -0.05) is 39.1 Å². The molecule has 0 atom stereocenters. The molecule has 0 radical (unpaired) electrons. The van der Waals surface area contributed by atoms with Crippen LogP contribution in [0.2, 0.25) is 10.0 Å². The predicted octanol–water partition coefficient (Wildman–Crippen LogP) is 7.57. The largest absolute Gasteiger partial charge is 0.496 e. The van der Waals surface area contributed by atoms with E-state index in [4.69, 9.17) is 32.9 Å². The Morgan fingerprint density at radius 2 is 1.65 bits per heavy atom. The Kier molecular flexibility index (Phi) is 6.72. The monoisotopic (exact) mass is 532 g/mol. The van der Waals surface area contributed by atoms with Gasteiger partial charge in [-0.25, -0.2) is 4.99 Å². The number of thioether (sulfide) groups is 1. The Bertz CT molecular complexity index is 1200. The number of carbonyl (C=O) groups excluding carboxylic acids is 1. The molecule has 4 rings (SSSR count). The molecule has 3 aromatic carbocycles. The van der Waals surface area contributed by atoms with Gasteiger partial charge in [-0.15, -0.1) is 0 Å². The number of aliphatic imine (C=N–C) groups is 1. The van der Waals surface area contributed by atoms with Crippen molar-refractivity contribution in [3.05, 3.63) is 91.7 Å².